The fourth-order valence-corrected chi connectivity index (χ4v) is 9.81. The smallest absolute Gasteiger partial charge is 0.306 e. The van der Waals surface area contributed by atoms with E-state index in [1.165, 1.54) is 0 Å². The number of aliphatic hydroxyl groups excluding tert-OH is 2. The van der Waals surface area contributed by atoms with Crippen molar-refractivity contribution in [1.82, 2.24) is 0 Å². The van der Waals surface area contributed by atoms with Crippen LogP contribution in [-0.4, -0.2) is 51.0 Å². The molecule has 0 radical (unpaired) electrons. The maximum Gasteiger partial charge on any atom is 0.306 e. The topological polar surface area (TPSA) is 104 Å². The van der Waals surface area contributed by atoms with E-state index in [-0.39, 0.29) is 35.6 Å². The van der Waals surface area contributed by atoms with E-state index in [1.807, 2.05) is 0 Å². The van der Waals surface area contributed by atoms with Gasteiger partial charge in [-0.05, 0) is 67.1 Å². The van der Waals surface area contributed by atoms with Crippen molar-refractivity contribution in [1.29, 1.82) is 0 Å². The van der Waals surface area contributed by atoms with Crippen LogP contribution in [0.3, 0.4) is 0 Å². The van der Waals surface area contributed by atoms with Gasteiger partial charge in [0.2, 0.25) is 0 Å². The Kier molecular flexibility index (Phi) is 6.25. The lowest BCUT2D eigenvalue weighted by atomic mass is 9.41. The van der Waals surface area contributed by atoms with Gasteiger partial charge in [-0.15, -0.1) is 0 Å². The summed E-state index contributed by atoms with van der Waals surface area (Å²) in [7, 11) is 0. The minimum absolute atomic E-state index is 0.0225. The first-order valence-electron chi connectivity index (χ1n) is 14.2. The third-order valence-electron chi connectivity index (χ3n) is 12.1. The van der Waals surface area contributed by atoms with Crippen molar-refractivity contribution in [3.8, 4) is 0 Å². The second kappa shape index (κ2) is 8.52. The Bertz CT molecular complexity index is 871. The molecule has 0 bridgehead atoms. The third-order valence-corrected chi connectivity index (χ3v) is 12.1. The van der Waals surface area contributed by atoms with Gasteiger partial charge in [-0.3, -0.25) is 9.59 Å². The lowest BCUT2D eigenvalue weighted by Crippen LogP contribution is -2.73. The Morgan fingerprint density at radius 3 is 2.37 bits per heavy atom. The van der Waals surface area contributed by atoms with Crippen molar-refractivity contribution in [2.24, 2.45) is 52.3 Å². The molecule has 8 unspecified atom stereocenters. The van der Waals surface area contributed by atoms with Gasteiger partial charge < -0.3 is 20.1 Å². The number of carbonyl (C=O) groups is 2. The zero-order valence-electron chi connectivity index (χ0n) is 22.2. The molecule has 12 atom stereocenters. The van der Waals surface area contributed by atoms with Gasteiger partial charge in [-0.2, -0.15) is 0 Å². The summed E-state index contributed by atoms with van der Waals surface area (Å²) in [6, 6.07) is 0. The molecule has 5 fully saturated rings. The summed E-state index contributed by atoms with van der Waals surface area (Å²) in [5.41, 5.74) is -2.05. The molecule has 1 heterocycles. The van der Waals surface area contributed by atoms with Gasteiger partial charge in [0.05, 0.1) is 17.8 Å². The van der Waals surface area contributed by atoms with E-state index >= 15 is 0 Å². The van der Waals surface area contributed by atoms with Gasteiger partial charge in [0.15, 0.2) is 0 Å². The Morgan fingerprint density at radius 2 is 1.69 bits per heavy atom. The van der Waals surface area contributed by atoms with E-state index in [2.05, 4.69) is 34.6 Å². The molecule has 5 aliphatic rings. The summed E-state index contributed by atoms with van der Waals surface area (Å²) in [5, 5.41) is 35.0. The van der Waals surface area contributed by atoms with Crippen LogP contribution in [0.1, 0.15) is 92.4 Å². The molecular weight excluding hydrogens is 444 g/mol. The zero-order chi connectivity index (χ0) is 25.5. The zero-order valence-corrected chi connectivity index (χ0v) is 22.2. The first kappa shape index (κ1) is 25.7. The highest BCUT2D eigenvalue weighted by molar-refractivity contribution is 5.85. The van der Waals surface area contributed by atoms with Gasteiger partial charge >= 0.3 is 5.97 Å². The van der Waals surface area contributed by atoms with Crippen molar-refractivity contribution < 1.29 is 29.6 Å². The predicted octanol–water partition coefficient (Wildman–Crippen LogP) is 3.88. The number of ketones is 1. The van der Waals surface area contributed by atoms with Crippen LogP contribution < -0.4 is 0 Å². The molecule has 0 aromatic carbocycles. The summed E-state index contributed by atoms with van der Waals surface area (Å²) in [5.74, 6) is -0.590. The van der Waals surface area contributed by atoms with Crippen molar-refractivity contribution in [2.45, 2.75) is 116 Å². The van der Waals surface area contributed by atoms with E-state index in [4.69, 9.17) is 4.74 Å². The number of ether oxygens (including phenoxy) is 1. The molecule has 4 saturated carbocycles. The van der Waals surface area contributed by atoms with Gasteiger partial charge in [0, 0.05) is 30.1 Å². The molecule has 1 saturated heterocycles. The number of aliphatic hydroxyl groups is 3. The van der Waals surface area contributed by atoms with Crippen molar-refractivity contribution in [3.05, 3.63) is 0 Å². The number of carbonyl (C=O) groups excluding carboxylic acids is 2. The number of cyclic esters (lactones) is 1. The quantitative estimate of drug-likeness (QED) is 0.519. The molecule has 3 N–H and O–H groups in total. The summed E-state index contributed by atoms with van der Waals surface area (Å²) in [4.78, 5) is 26.2. The van der Waals surface area contributed by atoms with Crippen LogP contribution in [-0.2, 0) is 14.3 Å². The number of Topliss-reactive ketones (excluding diaryl/α,β-unsaturated/α-hetero) is 1. The van der Waals surface area contributed by atoms with Crippen LogP contribution in [0.4, 0.5) is 0 Å². The van der Waals surface area contributed by atoms with Crippen molar-refractivity contribution in [2.75, 3.05) is 0 Å². The lowest BCUT2D eigenvalue weighted by molar-refractivity contribution is -0.291. The highest BCUT2D eigenvalue weighted by Gasteiger charge is 2.73. The third kappa shape index (κ3) is 3.52. The predicted molar refractivity (Wildman–Crippen MR) is 131 cm³/mol. The average molecular weight is 491 g/mol. The molecule has 6 nitrogen and oxygen atoms in total. The number of esters is 1. The van der Waals surface area contributed by atoms with Gasteiger partial charge in [0.25, 0.3) is 0 Å². The molecule has 0 aromatic rings. The maximum absolute atomic E-state index is 13.8. The molecule has 5 rings (SSSR count). The molecule has 0 amide bonds. The van der Waals surface area contributed by atoms with Crippen LogP contribution >= 0.6 is 0 Å². The molecule has 0 spiro atoms. The average Bonchev–Trinajstić information content (AvgIpc) is 3.07. The van der Waals surface area contributed by atoms with Gasteiger partial charge in [-0.25, -0.2) is 0 Å². The second-order valence-corrected chi connectivity index (χ2v) is 13.8. The Labute approximate surface area is 210 Å². The molecule has 4 aliphatic carbocycles. The molecule has 6 heteroatoms. The normalized spacial score (nSPS) is 52.9. The molecular formula is C29H46O6. The standard InChI is InChI=1S/C29H46O6/c1-15(2)17-12-21(35-22(31)13-17)16(3)19-14-20(30)23-24-26(33)25(32)18-8-6-7-9-28(18,5)29(24,34)11-10-27(19,23)4/h15-19,21,23-26,32-34H,6-14H2,1-5H3/t16?,17?,18?,19?,21?,23?,24?,25-,26?,27-,28+,29-/m1/s1. The molecule has 0 aromatic heterocycles. The minimum atomic E-state index is -1.16. The molecule has 35 heavy (non-hydrogen) atoms. The Hall–Kier alpha value is -0.980. The monoisotopic (exact) mass is 490 g/mol. The van der Waals surface area contributed by atoms with Crippen LogP contribution in [0.5, 0.6) is 0 Å². The van der Waals surface area contributed by atoms with E-state index in [0.29, 0.717) is 37.5 Å². The van der Waals surface area contributed by atoms with Crippen LogP contribution in [0.15, 0.2) is 0 Å². The summed E-state index contributed by atoms with van der Waals surface area (Å²) >= 11 is 0. The largest absolute Gasteiger partial charge is 0.462 e. The van der Waals surface area contributed by atoms with Crippen LogP contribution in [0, 0.1) is 52.3 Å². The van der Waals surface area contributed by atoms with Gasteiger partial charge in [-0.1, -0.05) is 47.5 Å². The summed E-state index contributed by atoms with van der Waals surface area (Å²) in [6.07, 6.45) is 4.34. The number of hydrogen-bond donors (Lipinski definition) is 3. The van der Waals surface area contributed by atoms with E-state index in [1.54, 1.807) is 0 Å². The van der Waals surface area contributed by atoms with Crippen LogP contribution in [0.25, 0.3) is 0 Å². The second-order valence-electron chi connectivity index (χ2n) is 13.8. The van der Waals surface area contributed by atoms with Crippen LogP contribution in [0.2, 0.25) is 0 Å². The van der Waals surface area contributed by atoms with E-state index in [0.717, 1.165) is 32.1 Å². The summed E-state index contributed by atoms with van der Waals surface area (Å²) in [6.45, 7) is 10.7. The fraction of sp³-hybridized carbons (Fsp3) is 0.931. The highest BCUT2D eigenvalue weighted by atomic mass is 16.5. The minimum Gasteiger partial charge on any atom is -0.462 e. The molecule has 1 aliphatic heterocycles. The van der Waals surface area contributed by atoms with E-state index in [9.17, 15) is 24.9 Å². The Balaban J connectivity index is 1.47. The fourth-order valence-electron chi connectivity index (χ4n) is 9.81. The number of rotatable bonds is 3. The number of hydrogen-bond acceptors (Lipinski definition) is 6. The molecule has 198 valence electrons. The Morgan fingerprint density at radius 1 is 0.971 bits per heavy atom. The van der Waals surface area contributed by atoms with Crippen molar-refractivity contribution in [3.63, 3.8) is 0 Å². The van der Waals surface area contributed by atoms with E-state index < -0.39 is 40.5 Å². The SMILES string of the molecule is CC(C)C1CC(=O)OC(C(C)C2CC(=O)C3C4C(O)[C@H](O)C5CCCC[C@]5(C)[C@@]4(O)CC[C@]23C)C1. The first-order valence-corrected chi connectivity index (χ1v) is 14.2. The van der Waals surface area contributed by atoms with Gasteiger partial charge in [0.1, 0.15) is 11.9 Å². The maximum atomic E-state index is 13.8. The lowest BCUT2D eigenvalue weighted by Gasteiger charge is -2.67. The summed E-state index contributed by atoms with van der Waals surface area (Å²) < 4.78 is 5.86. The van der Waals surface area contributed by atoms with Crippen molar-refractivity contribution >= 4 is 11.8 Å². The first-order chi connectivity index (χ1) is 16.3. The highest BCUT2D eigenvalue weighted by Crippen LogP contribution is 2.69. The number of fused-ring (bicyclic) bond motifs is 5.